The van der Waals surface area contributed by atoms with Gasteiger partial charge in [0.05, 0.1) is 0 Å². The van der Waals surface area contributed by atoms with Crippen molar-refractivity contribution in [2.75, 3.05) is 19.6 Å². The zero-order valence-corrected chi connectivity index (χ0v) is 11.2. The Kier molecular flexibility index (Phi) is 4.43. The van der Waals surface area contributed by atoms with Crippen molar-refractivity contribution in [1.82, 2.24) is 10.2 Å². The summed E-state index contributed by atoms with van der Waals surface area (Å²) >= 11 is 0. The summed E-state index contributed by atoms with van der Waals surface area (Å²) in [5.41, 5.74) is 0. The lowest BCUT2D eigenvalue weighted by atomic mass is 9.95. The molecule has 2 aliphatic rings. The van der Waals surface area contributed by atoms with Crippen LogP contribution in [-0.2, 0) is 4.79 Å². The first-order chi connectivity index (χ1) is 8.18. The molecule has 3 nitrogen and oxygen atoms in total. The van der Waals surface area contributed by atoms with E-state index in [0.717, 1.165) is 32.5 Å². The molecule has 0 radical (unpaired) electrons. The van der Waals surface area contributed by atoms with E-state index in [1.807, 2.05) is 0 Å². The summed E-state index contributed by atoms with van der Waals surface area (Å²) < 4.78 is 0. The summed E-state index contributed by atoms with van der Waals surface area (Å²) in [6.45, 7) is 7.49. The van der Waals surface area contributed by atoms with Crippen LogP contribution < -0.4 is 5.32 Å². The van der Waals surface area contributed by atoms with E-state index in [0.29, 0.717) is 17.9 Å². The zero-order chi connectivity index (χ0) is 12.3. The lowest BCUT2D eigenvalue weighted by Gasteiger charge is -2.33. The minimum atomic E-state index is 0.281. The Bertz CT molecular complexity index is 261. The van der Waals surface area contributed by atoms with Gasteiger partial charge in [0, 0.05) is 18.5 Å². The molecule has 0 aromatic carbocycles. The normalized spacial score (nSPS) is 32.2. The van der Waals surface area contributed by atoms with Gasteiger partial charge in [-0.15, -0.1) is 0 Å². The van der Waals surface area contributed by atoms with Crippen LogP contribution in [0.3, 0.4) is 0 Å². The van der Waals surface area contributed by atoms with Gasteiger partial charge in [-0.3, -0.25) is 4.79 Å². The number of carbonyl (C=O) groups is 1. The van der Waals surface area contributed by atoms with Crippen LogP contribution in [0.1, 0.15) is 46.0 Å². The van der Waals surface area contributed by atoms with E-state index in [1.54, 1.807) is 0 Å². The van der Waals surface area contributed by atoms with Gasteiger partial charge in [-0.1, -0.05) is 13.3 Å². The molecule has 0 spiro atoms. The largest absolute Gasteiger partial charge is 0.339 e. The number of piperidine rings is 1. The minimum Gasteiger partial charge on any atom is -0.339 e. The maximum absolute atomic E-state index is 12.6. The summed E-state index contributed by atoms with van der Waals surface area (Å²) in [5, 5.41) is 3.33. The lowest BCUT2D eigenvalue weighted by Crippen LogP contribution is -2.45. The van der Waals surface area contributed by atoms with E-state index >= 15 is 0 Å². The van der Waals surface area contributed by atoms with Gasteiger partial charge in [0.15, 0.2) is 0 Å². The maximum Gasteiger partial charge on any atom is 0.226 e. The number of hydrogen-bond acceptors (Lipinski definition) is 2. The van der Waals surface area contributed by atoms with Crippen molar-refractivity contribution in [3.05, 3.63) is 0 Å². The van der Waals surface area contributed by atoms with Crippen LogP contribution in [-0.4, -0.2) is 36.5 Å². The highest BCUT2D eigenvalue weighted by atomic mass is 16.2. The average molecular weight is 238 g/mol. The first-order valence-corrected chi connectivity index (χ1v) is 7.19. The molecule has 2 aliphatic heterocycles. The predicted octanol–water partition coefficient (Wildman–Crippen LogP) is 2.02. The second-order valence-electron chi connectivity index (χ2n) is 5.90. The van der Waals surface area contributed by atoms with Gasteiger partial charge >= 0.3 is 0 Å². The molecule has 98 valence electrons. The van der Waals surface area contributed by atoms with Crippen molar-refractivity contribution in [2.45, 2.75) is 52.0 Å². The van der Waals surface area contributed by atoms with Crippen LogP contribution in [0.5, 0.6) is 0 Å². The van der Waals surface area contributed by atoms with Crippen molar-refractivity contribution < 1.29 is 4.79 Å². The van der Waals surface area contributed by atoms with Gasteiger partial charge in [-0.25, -0.2) is 0 Å². The molecular weight excluding hydrogens is 212 g/mol. The summed E-state index contributed by atoms with van der Waals surface area (Å²) in [5.74, 6) is 1.38. The second kappa shape index (κ2) is 5.85. The molecule has 0 aromatic rings. The number of amides is 1. The van der Waals surface area contributed by atoms with Gasteiger partial charge in [0.2, 0.25) is 5.91 Å². The van der Waals surface area contributed by atoms with E-state index in [-0.39, 0.29) is 5.92 Å². The van der Waals surface area contributed by atoms with E-state index in [4.69, 9.17) is 0 Å². The van der Waals surface area contributed by atoms with Crippen LogP contribution in [0, 0.1) is 11.8 Å². The third-order valence-corrected chi connectivity index (χ3v) is 4.33. The van der Waals surface area contributed by atoms with Gasteiger partial charge in [-0.05, 0) is 51.6 Å². The summed E-state index contributed by atoms with van der Waals surface area (Å²) in [4.78, 5) is 14.7. The van der Waals surface area contributed by atoms with Gasteiger partial charge in [-0.2, -0.15) is 0 Å². The molecule has 0 aromatic heterocycles. The molecule has 17 heavy (non-hydrogen) atoms. The molecule has 0 bridgehead atoms. The van der Waals surface area contributed by atoms with E-state index in [9.17, 15) is 4.79 Å². The van der Waals surface area contributed by atoms with Gasteiger partial charge in [0.25, 0.3) is 0 Å². The molecule has 3 heteroatoms. The van der Waals surface area contributed by atoms with E-state index < -0.39 is 0 Å². The van der Waals surface area contributed by atoms with Crippen molar-refractivity contribution >= 4 is 5.91 Å². The Morgan fingerprint density at radius 3 is 2.53 bits per heavy atom. The first kappa shape index (κ1) is 12.9. The number of likely N-dealkylation sites (tertiary alicyclic amines) is 1. The first-order valence-electron chi connectivity index (χ1n) is 7.19. The fraction of sp³-hybridized carbons (Fsp3) is 0.929. The van der Waals surface area contributed by atoms with Crippen LogP contribution >= 0.6 is 0 Å². The molecular formula is C14H26N2O. The van der Waals surface area contributed by atoms with Gasteiger partial charge < -0.3 is 10.2 Å². The highest BCUT2D eigenvalue weighted by Gasteiger charge is 2.30. The molecule has 1 amide bonds. The topological polar surface area (TPSA) is 32.3 Å². The lowest BCUT2D eigenvalue weighted by molar-refractivity contribution is -0.138. The molecule has 0 aliphatic carbocycles. The Morgan fingerprint density at radius 1 is 1.12 bits per heavy atom. The SMILES string of the molecule is CC1CCCC(C)N(C(=O)C2CCNCC2)C1. The quantitative estimate of drug-likeness (QED) is 0.758. The fourth-order valence-electron chi connectivity index (χ4n) is 3.14. The van der Waals surface area contributed by atoms with Crippen molar-refractivity contribution in [3.63, 3.8) is 0 Å². The zero-order valence-electron chi connectivity index (χ0n) is 11.2. The van der Waals surface area contributed by atoms with Crippen molar-refractivity contribution in [1.29, 1.82) is 0 Å². The van der Waals surface area contributed by atoms with Crippen LogP contribution in [0.25, 0.3) is 0 Å². The van der Waals surface area contributed by atoms with E-state index in [2.05, 4.69) is 24.1 Å². The van der Waals surface area contributed by atoms with Crippen molar-refractivity contribution in [3.8, 4) is 0 Å². The van der Waals surface area contributed by atoms with Gasteiger partial charge in [0.1, 0.15) is 0 Å². The number of nitrogens with one attached hydrogen (secondary N) is 1. The summed E-state index contributed by atoms with van der Waals surface area (Å²) in [6.07, 6.45) is 5.78. The fourth-order valence-corrected chi connectivity index (χ4v) is 3.14. The Labute approximate surface area is 105 Å². The molecule has 2 saturated heterocycles. The third kappa shape index (κ3) is 3.21. The molecule has 0 saturated carbocycles. The standard InChI is InChI=1S/C14H26N2O/c1-11-4-3-5-12(2)16(10-11)14(17)13-6-8-15-9-7-13/h11-13,15H,3-10H2,1-2H3. The molecule has 2 unspecified atom stereocenters. The summed E-state index contributed by atoms with van der Waals surface area (Å²) in [6, 6.07) is 0.447. The maximum atomic E-state index is 12.6. The summed E-state index contributed by atoms with van der Waals surface area (Å²) in [7, 11) is 0. The minimum absolute atomic E-state index is 0.281. The van der Waals surface area contributed by atoms with Crippen LogP contribution in [0.4, 0.5) is 0 Å². The third-order valence-electron chi connectivity index (χ3n) is 4.33. The Balaban J connectivity index is 1.99. The highest BCUT2D eigenvalue weighted by molar-refractivity contribution is 5.79. The van der Waals surface area contributed by atoms with Crippen molar-refractivity contribution in [2.24, 2.45) is 11.8 Å². The molecule has 2 rings (SSSR count). The van der Waals surface area contributed by atoms with Crippen LogP contribution in [0.15, 0.2) is 0 Å². The highest BCUT2D eigenvalue weighted by Crippen LogP contribution is 2.24. The monoisotopic (exact) mass is 238 g/mol. The number of nitrogens with zero attached hydrogens (tertiary/aromatic N) is 1. The van der Waals surface area contributed by atoms with E-state index in [1.165, 1.54) is 19.3 Å². The molecule has 2 fully saturated rings. The second-order valence-corrected chi connectivity index (χ2v) is 5.90. The average Bonchev–Trinajstić information content (AvgIpc) is 2.51. The Morgan fingerprint density at radius 2 is 1.82 bits per heavy atom. The molecule has 1 N–H and O–H groups in total. The number of carbonyl (C=O) groups excluding carboxylic acids is 1. The smallest absolute Gasteiger partial charge is 0.226 e. The molecule has 2 heterocycles. The number of rotatable bonds is 1. The Hall–Kier alpha value is -0.570. The van der Waals surface area contributed by atoms with Crippen LogP contribution in [0.2, 0.25) is 0 Å². The molecule has 2 atom stereocenters. The predicted molar refractivity (Wildman–Crippen MR) is 69.8 cm³/mol. The number of hydrogen-bond donors (Lipinski definition) is 1.